The average Bonchev–Trinajstić information content (AvgIpc) is 3.09. The summed E-state index contributed by atoms with van der Waals surface area (Å²) in [5.74, 6) is 0.904. The third-order valence-corrected chi connectivity index (χ3v) is 4.97. The summed E-state index contributed by atoms with van der Waals surface area (Å²) in [4.78, 5) is 2.61. The lowest BCUT2D eigenvalue weighted by Gasteiger charge is -2.46. The second kappa shape index (κ2) is 4.85. The highest BCUT2D eigenvalue weighted by Gasteiger charge is 2.45. The normalized spacial score (nSPS) is 33.4. The van der Waals surface area contributed by atoms with E-state index in [1.54, 1.807) is 0 Å². The Morgan fingerprint density at radius 3 is 2.65 bits per heavy atom. The number of nitrogens with one attached hydrogen (secondary N) is 1. The molecule has 17 heavy (non-hydrogen) atoms. The molecule has 1 aliphatic heterocycles. The van der Waals surface area contributed by atoms with Crippen molar-refractivity contribution in [1.29, 1.82) is 0 Å². The van der Waals surface area contributed by atoms with Crippen molar-refractivity contribution in [3.05, 3.63) is 0 Å². The van der Waals surface area contributed by atoms with Gasteiger partial charge in [-0.2, -0.15) is 0 Å². The van der Waals surface area contributed by atoms with Crippen LogP contribution >= 0.6 is 0 Å². The van der Waals surface area contributed by atoms with Crippen LogP contribution in [-0.2, 0) is 0 Å². The Bertz CT molecular complexity index is 259. The van der Waals surface area contributed by atoms with Crippen molar-refractivity contribution >= 4 is 0 Å². The molecule has 2 nitrogen and oxygen atoms in total. The van der Waals surface area contributed by atoms with Gasteiger partial charge < -0.3 is 5.32 Å². The molecule has 1 spiro atoms. The zero-order valence-corrected chi connectivity index (χ0v) is 10.8. The van der Waals surface area contributed by atoms with Crippen molar-refractivity contribution in [1.82, 2.24) is 10.2 Å². The lowest BCUT2D eigenvalue weighted by molar-refractivity contribution is 0.0666. The molecule has 1 saturated heterocycles. The van der Waals surface area contributed by atoms with Gasteiger partial charge >= 0.3 is 0 Å². The quantitative estimate of drug-likeness (QED) is 0.811. The van der Waals surface area contributed by atoms with Gasteiger partial charge in [0.1, 0.15) is 0 Å². The number of halogens is 1. The van der Waals surface area contributed by atoms with E-state index in [0.717, 1.165) is 25.4 Å². The van der Waals surface area contributed by atoms with Crippen LogP contribution in [0.4, 0.5) is 4.39 Å². The number of nitrogens with zero attached hydrogens (tertiary/aromatic N) is 1. The molecule has 0 radical (unpaired) electrons. The van der Waals surface area contributed by atoms with Crippen LogP contribution in [0.2, 0.25) is 0 Å². The largest absolute Gasteiger partial charge is 0.308 e. The molecule has 98 valence electrons. The number of alkyl halides is 1. The van der Waals surface area contributed by atoms with Crippen LogP contribution in [-0.4, -0.2) is 42.8 Å². The van der Waals surface area contributed by atoms with Crippen molar-refractivity contribution in [2.45, 2.75) is 56.5 Å². The number of hydrogen-bond donors (Lipinski definition) is 1. The van der Waals surface area contributed by atoms with E-state index in [4.69, 9.17) is 0 Å². The van der Waals surface area contributed by atoms with Gasteiger partial charge in [-0.3, -0.25) is 9.29 Å². The number of hydrogen-bond acceptors (Lipinski definition) is 2. The summed E-state index contributed by atoms with van der Waals surface area (Å²) < 4.78 is 12.4. The number of piperazine rings is 1. The van der Waals surface area contributed by atoms with E-state index in [1.165, 1.54) is 45.1 Å². The maximum absolute atomic E-state index is 12.4. The van der Waals surface area contributed by atoms with Crippen LogP contribution in [0.1, 0.15) is 44.9 Å². The summed E-state index contributed by atoms with van der Waals surface area (Å²) in [5, 5.41) is 3.84. The molecule has 1 atom stereocenters. The van der Waals surface area contributed by atoms with E-state index in [0.29, 0.717) is 11.6 Å². The Labute approximate surface area is 104 Å². The average molecular weight is 240 g/mol. The zero-order chi connectivity index (χ0) is 11.7. The fraction of sp³-hybridized carbons (Fsp3) is 1.00. The van der Waals surface area contributed by atoms with Gasteiger partial charge in [-0.15, -0.1) is 0 Å². The molecule has 0 bridgehead atoms. The monoisotopic (exact) mass is 240 g/mol. The molecule has 0 amide bonds. The van der Waals surface area contributed by atoms with Crippen molar-refractivity contribution in [2.24, 2.45) is 5.92 Å². The number of rotatable bonds is 4. The Kier molecular flexibility index (Phi) is 3.40. The first-order valence-corrected chi connectivity index (χ1v) is 7.38. The predicted octanol–water partition coefficient (Wildman–Crippen LogP) is 2.34. The fourth-order valence-corrected chi connectivity index (χ4v) is 3.85. The van der Waals surface area contributed by atoms with E-state index < -0.39 is 0 Å². The highest BCUT2D eigenvalue weighted by Crippen LogP contribution is 2.40. The molecule has 3 aliphatic rings. The Morgan fingerprint density at radius 1 is 1.24 bits per heavy atom. The van der Waals surface area contributed by atoms with Crippen LogP contribution in [0.3, 0.4) is 0 Å². The van der Waals surface area contributed by atoms with Crippen LogP contribution in [0, 0.1) is 5.92 Å². The molecular formula is C14H25FN2. The molecule has 2 saturated carbocycles. The molecular weight excluding hydrogens is 215 g/mol. The van der Waals surface area contributed by atoms with E-state index in [2.05, 4.69) is 10.2 Å². The molecule has 0 aromatic rings. The lowest BCUT2D eigenvalue weighted by Crippen LogP contribution is -2.63. The van der Waals surface area contributed by atoms with Crippen LogP contribution in [0.25, 0.3) is 0 Å². The summed E-state index contributed by atoms with van der Waals surface area (Å²) >= 11 is 0. The maximum atomic E-state index is 12.4. The summed E-state index contributed by atoms with van der Waals surface area (Å²) in [6, 6.07) is 0.702. The van der Waals surface area contributed by atoms with Gasteiger partial charge in [-0.1, -0.05) is 12.8 Å². The van der Waals surface area contributed by atoms with Crippen molar-refractivity contribution in [2.75, 3.05) is 26.3 Å². The van der Waals surface area contributed by atoms with Gasteiger partial charge in [-0.05, 0) is 38.0 Å². The highest BCUT2D eigenvalue weighted by atomic mass is 19.1. The van der Waals surface area contributed by atoms with Crippen molar-refractivity contribution < 1.29 is 4.39 Å². The smallest absolute Gasteiger partial charge is 0.0906 e. The first-order chi connectivity index (χ1) is 8.33. The highest BCUT2D eigenvalue weighted by molar-refractivity contribution is 5.03. The topological polar surface area (TPSA) is 15.3 Å². The molecule has 1 heterocycles. The predicted molar refractivity (Wildman–Crippen MR) is 67.9 cm³/mol. The SMILES string of the molecule is FCCCN1CC2(CCCC2)NCC1C1CC1. The first-order valence-electron chi connectivity index (χ1n) is 7.38. The molecule has 3 rings (SSSR count). The van der Waals surface area contributed by atoms with Crippen LogP contribution in [0.15, 0.2) is 0 Å². The van der Waals surface area contributed by atoms with Gasteiger partial charge in [-0.25, -0.2) is 0 Å². The standard InChI is InChI=1S/C14H25FN2/c15-8-3-9-17-11-14(6-1-2-7-14)16-10-13(17)12-4-5-12/h12-13,16H,1-11H2. The van der Waals surface area contributed by atoms with E-state index in [1.807, 2.05) is 0 Å². The van der Waals surface area contributed by atoms with Gasteiger partial charge in [0.15, 0.2) is 0 Å². The van der Waals surface area contributed by atoms with Gasteiger partial charge in [0.05, 0.1) is 6.67 Å². The minimum Gasteiger partial charge on any atom is -0.308 e. The molecule has 1 unspecified atom stereocenters. The maximum Gasteiger partial charge on any atom is 0.0906 e. The minimum atomic E-state index is -0.158. The van der Waals surface area contributed by atoms with E-state index in [9.17, 15) is 4.39 Å². The minimum absolute atomic E-state index is 0.158. The van der Waals surface area contributed by atoms with Crippen molar-refractivity contribution in [3.8, 4) is 0 Å². The third kappa shape index (κ3) is 2.50. The summed E-state index contributed by atoms with van der Waals surface area (Å²) in [6.07, 6.45) is 8.92. The van der Waals surface area contributed by atoms with Gasteiger partial charge in [0.25, 0.3) is 0 Å². The Balaban J connectivity index is 1.64. The van der Waals surface area contributed by atoms with Crippen LogP contribution < -0.4 is 5.32 Å². The molecule has 3 fully saturated rings. The molecule has 0 aromatic heterocycles. The molecule has 0 aromatic carbocycles. The zero-order valence-electron chi connectivity index (χ0n) is 10.8. The van der Waals surface area contributed by atoms with E-state index in [-0.39, 0.29) is 6.67 Å². The molecule has 1 N–H and O–H groups in total. The summed E-state index contributed by atoms with van der Waals surface area (Å²) in [6.45, 7) is 3.14. The second-order valence-corrected chi connectivity index (χ2v) is 6.29. The third-order valence-electron chi connectivity index (χ3n) is 4.97. The summed E-state index contributed by atoms with van der Waals surface area (Å²) in [7, 11) is 0. The lowest BCUT2D eigenvalue weighted by atomic mass is 9.91. The molecule has 3 heteroatoms. The Hall–Kier alpha value is -0.150. The first kappa shape index (κ1) is 11.9. The van der Waals surface area contributed by atoms with Gasteiger partial charge in [0, 0.05) is 31.2 Å². The fourth-order valence-electron chi connectivity index (χ4n) is 3.85. The Morgan fingerprint density at radius 2 is 2.00 bits per heavy atom. The van der Waals surface area contributed by atoms with Crippen molar-refractivity contribution in [3.63, 3.8) is 0 Å². The molecule has 2 aliphatic carbocycles. The van der Waals surface area contributed by atoms with Crippen LogP contribution in [0.5, 0.6) is 0 Å². The van der Waals surface area contributed by atoms with E-state index >= 15 is 0 Å². The van der Waals surface area contributed by atoms with Gasteiger partial charge in [0.2, 0.25) is 0 Å². The summed E-state index contributed by atoms with van der Waals surface area (Å²) in [5.41, 5.74) is 0.391. The second-order valence-electron chi connectivity index (χ2n) is 6.29.